The smallest absolute Gasteiger partial charge is 0.360 e. The highest BCUT2D eigenvalue weighted by Crippen LogP contribution is 2.13. The molecule has 0 saturated heterocycles. The molecule has 1 aromatic carbocycles. The van der Waals surface area contributed by atoms with E-state index in [-0.39, 0.29) is 17.4 Å². The summed E-state index contributed by atoms with van der Waals surface area (Å²) in [6, 6.07) is 5.87. The zero-order valence-corrected chi connectivity index (χ0v) is 14.5. The maximum atomic E-state index is 12.0. The molecule has 0 unspecified atom stereocenters. The molecule has 0 atom stereocenters. The first-order valence-corrected chi connectivity index (χ1v) is 7.43. The lowest BCUT2D eigenvalue weighted by atomic mass is 10.1. The van der Waals surface area contributed by atoms with Crippen molar-refractivity contribution in [3.63, 3.8) is 0 Å². The SMILES string of the molecule is CCOC(=O)C(=NNc1cc(C)cc(C)c1)C(C)=NNC(N)=S. The van der Waals surface area contributed by atoms with Crippen LogP contribution in [0.5, 0.6) is 0 Å². The summed E-state index contributed by atoms with van der Waals surface area (Å²) >= 11 is 4.68. The van der Waals surface area contributed by atoms with Crippen LogP contribution in [-0.4, -0.2) is 29.1 Å². The molecule has 1 rings (SSSR count). The van der Waals surface area contributed by atoms with Gasteiger partial charge in [-0.2, -0.15) is 10.2 Å². The van der Waals surface area contributed by atoms with Gasteiger partial charge < -0.3 is 10.5 Å². The van der Waals surface area contributed by atoms with E-state index in [0.29, 0.717) is 5.71 Å². The minimum atomic E-state index is -0.588. The van der Waals surface area contributed by atoms with Crippen LogP contribution in [0.15, 0.2) is 28.4 Å². The number of hydrogen-bond acceptors (Lipinski definition) is 6. The van der Waals surface area contributed by atoms with Crippen LogP contribution < -0.4 is 16.6 Å². The lowest BCUT2D eigenvalue weighted by molar-refractivity contribution is -0.134. The van der Waals surface area contributed by atoms with Crippen LogP contribution in [0.2, 0.25) is 0 Å². The Morgan fingerprint density at radius 1 is 1.26 bits per heavy atom. The first-order chi connectivity index (χ1) is 10.8. The van der Waals surface area contributed by atoms with Crippen molar-refractivity contribution in [3.05, 3.63) is 29.3 Å². The highest BCUT2D eigenvalue weighted by atomic mass is 32.1. The van der Waals surface area contributed by atoms with E-state index in [0.717, 1.165) is 16.8 Å². The fourth-order valence-corrected chi connectivity index (χ4v) is 1.87. The maximum absolute atomic E-state index is 12.0. The van der Waals surface area contributed by atoms with E-state index in [1.165, 1.54) is 0 Å². The zero-order chi connectivity index (χ0) is 17.4. The van der Waals surface area contributed by atoms with Gasteiger partial charge in [0, 0.05) is 0 Å². The highest BCUT2D eigenvalue weighted by molar-refractivity contribution is 7.80. The van der Waals surface area contributed by atoms with Gasteiger partial charge in [-0.05, 0) is 63.2 Å². The second-order valence-electron chi connectivity index (χ2n) is 4.84. The summed E-state index contributed by atoms with van der Waals surface area (Å²) in [4.78, 5) is 12.0. The lowest BCUT2D eigenvalue weighted by Crippen LogP contribution is -2.30. The normalized spacial score (nSPS) is 11.8. The van der Waals surface area contributed by atoms with Crippen molar-refractivity contribution in [2.24, 2.45) is 15.9 Å². The molecule has 0 spiro atoms. The van der Waals surface area contributed by atoms with Gasteiger partial charge in [-0.15, -0.1) is 0 Å². The number of carbonyl (C=O) groups is 1. The molecular weight excluding hydrogens is 314 g/mol. The minimum absolute atomic E-state index is 0.00479. The first kappa shape index (κ1) is 18.6. The number of rotatable bonds is 6. The largest absolute Gasteiger partial charge is 0.461 e. The average molecular weight is 335 g/mol. The number of thiocarbonyl (C=S) groups is 1. The molecule has 7 nitrogen and oxygen atoms in total. The molecule has 0 aromatic heterocycles. The molecule has 0 heterocycles. The molecule has 23 heavy (non-hydrogen) atoms. The number of nitrogens with one attached hydrogen (secondary N) is 2. The molecule has 0 amide bonds. The Morgan fingerprint density at radius 2 is 1.87 bits per heavy atom. The van der Waals surface area contributed by atoms with Crippen LogP contribution in [0.25, 0.3) is 0 Å². The van der Waals surface area contributed by atoms with Crippen molar-refractivity contribution >= 4 is 40.4 Å². The molecule has 1 aromatic rings. The molecule has 0 fully saturated rings. The molecule has 8 heteroatoms. The molecule has 0 saturated carbocycles. The van der Waals surface area contributed by atoms with Gasteiger partial charge in [0.25, 0.3) is 0 Å². The number of hydrogen-bond donors (Lipinski definition) is 3. The van der Waals surface area contributed by atoms with Gasteiger partial charge >= 0.3 is 5.97 Å². The van der Waals surface area contributed by atoms with E-state index in [4.69, 9.17) is 10.5 Å². The second-order valence-corrected chi connectivity index (χ2v) is 5.28. The second kappa shape index (κ2) is 8.84. The predicted octanol–water partition coefficient (Wildman–Crippen LogP) is 1.84. The molecule has 0 bridgehead atoms. The molecule has 0 aliphatic rings. The maximum Gasteiger partial charge on any atom is 0.360 e. The molecule has 0 aliphatic heterocycles. The molecule has 0 aliphatic carbocycles. The number of nitrogens with zero attached hydrogens (tertiary/aromatic N) is 2. The summed E-state index contributed by atoms with van der Waals surface area (Å²) < 4.78 is 4.99. The zero-order valence-electron chi connectivity index (χ0n) is 13.6. The van der Waals surface area contributed by atoms with E-state index in [9.17, 15) is 4.79 Å². The van der Waals surface area contributed by atoms with Gasteiger partial charge in [0.2, 0.25) is 0 Å². The molecular formula is C15H21N5O2S. The summed E-state index contributed by atoms with van der Waals surface area (Å²) in [7, 11) is 0. The highest BCUT2D eigenvalue weighted by Gasteiger charge is 2.17. The number of esters is 1. The average Bonchev–Trinajstić information content (AvgIpc) is 2.44. The van der Waals surface area contributed by atoms with Gasteiger partial charge in [0.05, 0.1) is 18.0 Å². The van der Waals surface area contributed by atoms with E-state index >= 15 is 0 Å². The Morgan fingerprint density at radius 3 is 2.39 bits per heavy atom. The summed E-state index contributed by atoms with van der Waals surface area (Å²) in [5, 5.41) is 8.01. The van der Waals surface area contributed by atoms with E-state index < -0.39 is 5.97 Å². The summed E-state index contributed by atoms with van der Waals surface area (Å²) in [6.45, 7) is 7.51. The van der Waals surface area contributed by atoms with Crippen LogP contribution in [0.4, 0.5) is 5.69 Å². The third-order valence-electron chi connectivity index (χ3n) is 2.66. The van der Waals surface area contributed by atoms with E-state index in [1.54, 1.807) is 13.8 Å². The Bertz CT molecular complexity index is 635. The van der Waals surface area contributed by atoms with Crippen molar-refractivity contribution < 1.29 is 9.53 Å². The predicted molar refractivity (Wildman–Crippen MR) is 96.6 cm³/mol. The molecule has 124 valence electrons. The Balaban J connectivity index is 3.05. The number of ether oxygens (including phenoxy) is 1. The monoisotopic (exact) mass is 335 g/mol. The summed E-state index contributed by atoms with van der Waals surface area (Å²) in [6.07, 6.45) is 0. The van der Waals surface area contributed by atoms with E-state index in [1.807, 2.05) is 32.0 Å². The van der Waals surface area contributed by atoms with Crippen LogP contribution in [0.1, 0.15) is 25.0 Å². The number of carbonyl (C=O) groups excluding carboxylic acids is 1. The number of hydrazone groups is 2. The summed E-state index contributed by atoms with van der Waals surface area (Å²) in [5.74, 6) is -0.588. The van der Waals surface area contributed by atoms with Gasteiger partial charge in [0.15, 0.2) is 10.8 Å². The Labute approximate surface area is 141 Å². The van der Waals surface area contributed by atoms with Crippen LogP contribution >= 0.6 is 12.2 Å². The fourth-order valence-electron chi connectivity index (χ4n) is 1.83. The number of nitrogens with two attached hydrogens (primary N) is 1. The van der Waals surface area contributed by atoms with Crippen LogP contribution in [-0.2, 0) is 9.53 Å². The van der Waals surface area contributed by atoms with Gasteiger partial charge in [-0.3, -0.25) is 10.9 Å². The third kappa shape index (κ3) is 6.43. The topological polar surface area (TPSA) is 101 Å². The fraction of sp³-hybridized carbons (Fsp3) is 0.333. The summed E-state index contributed by atoms with van der Waals surface area (Å²) in [5.41, 5.74) is 13.9. The van der Waals surface area contributed by atoms with Gasteiger partial charge in [-0.1, -0.05) is 6.07 Å². The standard InChI is InChI=1S/C15H21N5O2S/c1-5-22-14(21)13(11(4)17-20-15(16)23)19-18-12-7-9(2)6-10(3)8-12/h6-8,18H,5H2,1-4H3,(H3,16,20,23). The number of anilines is 1. The van der Waals surface area contributed by atoms with Crippen LogP contribution in [0, 0.1) is 13.8 Å². The molecule has 4 N–H and O–H groups in total. The van der Waals surface area contributed by atoms with Crippen molar-refractivity contribution in [2.75, 3.05) is 12.0 Å². The van der Waals surface area contributed by atoms with Crippen molar-refractivity contribution in [1.82, 2.24) is 5.43 Å². The number of benzene rings is 1. The molecule has 0 radical (unpaired) electrons. The Kier molecular flexibility index (Phi) is 7.14. The third-order valence-corrected chi connectivity index (χ3v) is 2.76. The lowest BCUT2D eigenvalue weighted by Gasteiger charge is -2.08. The van der Waals surface area contributed by atoms with E-state index in [2.05, 4.69) is 33.3 Å². The van der Waals surface area contributed by atoms with Gasteiger partial charge in [0.1, 0.15) is 0 Å². The number of aryl methyl sites for hydroxylation is 2. The minimum Gasteiger partial charge on any atom is -0.461 e. The van der Waals surface area contributed by atoms with Crippen molar-refractivity contribution in [2.45, 2.75) is 27.7 Å². The van der Waals surface area contributed by atoms with Crippen molar-refractivity contribution in [3.8, 4) is 0 Å². The van der Waals surface area contributed by atoms with Crippen molar-refractivity contribution in [1.29, 1.82) is 0 Å². The van der Waals surface area contributed by atoms with Crippen LogP contribution in [0.3, 0.4) is 0 Å². The first-order valence-electron chi connectivity index (χ1n) is 7.02. The Hall–Kier alpha value is -2.48. The van der Waals surface area contributed by atoms with Gasteiger partial charge in [-0.25, -0.2) is 4.79 Å². The quantitative estimate of drug-likeness (QED) is 0.317.